The van der Waals surface area contributed by atoms with Gasteiger partial charge in [-0.2, -0.15) is 0 Å². The van der Waals surface area contributed by atoms with Crippen molar-refractivity contribution < 1.29 is 4.79 Å². The molecule has 6 nitrogen and oxygen atoms in total. The molecule has 3 rings (SSSR count). The minimum atomic E-state index is -0.232. The number of amides is 2. The van der Waals surface area contributed by atoms with E-state index in [-0.39, 0.29) is 6.03 Å². The number of benzene rings is 1. The molecule has 1 saturated heterocycles. The monoisotopic (exact) mass is 385 g/mol. The lowest BCUT2D eigenvalue weighted by atomic mass is 10.3. The number of urea groups is 1. The molecule has 2 heterocycles. The highest BCUT2D eigenvalue weighted by molar-refractivity contribution is 6.44. The number of carbonyl (C=O) groups is 1. The third-order valence-electron chi connectivity index (χ3n) is 3.65. The summed E-state index contributed by atoms with van der Waals surface area (Å²) in [5.41, 5.74) is 0.435. The standard InChI is InChI=1S/C15H14Cl3N5O/c16-10-8-12(18)13(9-11(10)17)21-15(24)23-6-4-22(5-7-23)14-19-2-1-3-20-14/h1-3,8-9H,4-7H2,(H,21,24). The first-order valence-electron chi connectivity index (χ1n) is 7.27. The Balaban J connectivity index is 1.61. The van der Waals surface area contributed by atoms with Crippen LogP contribution < -0.4 is 10.2 Å². The molecule has 1 N–H and O–H groups in total. The average Bonchev–Trinajstić information content (AvgIpc) is 2.60. The molecule has 126 valence electrons. The van der Waals surface area contributed by atoms with Crippen LogP contribution in [-0.2, 0) is 0 Å². The lowest BCUT2D eigenvalue weighted by molar-refractivity contribution is 0.208. The van der Waals surface area contributed by atoms with E-state index in [1.165, 1.54) is 12.1 Å². The van der Waals surface area contributed by atoms with Gasteiger partial charge in [-0.1, -0.05) is 34.8 Å². The molecule has 0 saturated carbocycles. The highest BCUT2D eigenvalue weighted by atomic mass is 35.5. The van der Waals surface area contributed by atoms with Gasteiger partial charge in [0.25, 0.3) is 0 Å². The Morgan fingerprint density at radius 2 is 1.58 bits per heavy atom. The fourth-order valence-electron chi connectivity index (χ4n) is 2.38. The summed E-state index contributed by atoms with van der Waals surface area (Å²) in [7, 11) is 0. The maximum atomic E-state index is 12.4. The summed E-state index contributed by atoms with van der Waals surface area (Å²) in [6.45, 7) is 2.44. The quantitative estimate of drug-likeness (QED) is 0.798. The molecule has 1 aromatic heterocycles. The van der Waals surface area contributed by atoms with Crippen LogP contribution >= 0.6 is 34.8 Å². The van der Waals surface area contributed by atoms with E-state index in [0.717, 1.165) is 0 Å². The summed E-state index contributed by atoms with van der Waals surface area (Å²) in [6, 6.07) is 4.59. The van der Waals surface area contributed by atoms with Gasteiger partial charge in [0.2, 0.25) is 5.95 Å². The van der Waals surface area contributed by atoms with Gasteiger partial charge in [-0.3, -0.25) is 0 Å². The van der Waals surface area contributed by atoms with Crippen molar-refractivity contribution in [2.45, 2.75) is 0 Å². The number of aromatic nitrogens is 2. The Hall–Kier alpha value is -1.76. The normalized spacial score (nSPS) is 14.6. The molecule has 0 spiro atoms. The molecule has 0 bridgehead atoms. The molecule has 1 aliphatic heterocycles. The summed E-state index contributed by atoms with van der Waals surface area (Å²) in [4.78, 5) is 24.6. The highest BCUT2D eigenvalue weighted by Gasteiger charge is 2.23. The number of hydrogen-bond donors (Lipinski definition) is 1. The molecule has 0 radical (unpaired) electrons. The number of hydrogen-bond acceptors (Lipinski definition) is 4. The van der Waals surface area contributed by atoms with Crippen molar-refractivity contribution in [3.63, 3.8) is 0 Å². The van der Waals surface area contributed by atoms with Crippen LogP contribution in [0.15, 0.2) is 30.6 Å². The molecule has 2 aromatic rings. The molecular formula is C15H14Cl3N5O. The van der Waals surface area contributed by atoms with E-state index in [2.05, 4.69) is 15.3 Å². The Morgan fingerprint density at radius 1 is 0.958 bits per heavy atom. The van der Waals surface area contributed by atoms with E-state index in [4.69, 9.17) is 34.8 Å². The molecule has 0 unspecified atom stereocenters. The Labute approximate surface area is 154 Å². The van der Waals surface area contributed by atoms with Crippen molar-refractivity contribution in [2.24, 2.45) is 0 Å². The second-order valence-electron chi connectivity index (χ2n) is 5.20. The molecule has 1 fully saturated rings. The second-order valence-corrected chi connectivity index (χ2v) is 6.42. The van der Waals surface area contributed by atoms with E-state index in [9.17, 15) is 4.79 Å². The van der Waals surface area contributed by atoms with Crippen molar-refractivity contribution in [1.82, 2.24) is 14.9 Å². The topological polar surface area (TPSA) is 61.4 Å². The van der Waals surface area contributed by atoms with Crippen molar-refractivity contribution in [3.8, 4) is 0 Å². The number of carbonyl (C=O) groups excluding carboxylic acids is 1. The van der Waals surface area contributed by atoms with E-state index < -0.39 is 0 Å². The number of rotatable bonds is 2. The third-order valence-corrected chi connectivity index (χ3v) is 4.69. The SMILES string of the molecule is O=C(Nc1cc(Cl)c(Cl)cc1Cl)N1CCN(c2ncccn2)CC1. The minimum absolute atomic E-state index is 0.232. The van der Waals surface area contributed by atoms with Crippen molar-refractivity contribution in [1.29, 1.82) is 0 Å². The minimum Gasteiger partial charge on any atom is -0.337 e. The van der Waals surface area contributed by atoms with E-state index in [1.807, 2.05) is 4.90 Å². The zero-order valence-electron chi connectivity index (χ0n) is 12.5. The average molecular weight is 387 g/mol. The van der Waals surface area contributed by atoms with Gasteiger partial charge in [-0.25, -0.2) is 14.8 Å². The summed E-state index contributed by atoms with van der Waals surface area (Å²) in [6.07, 6.45) is 3.40. The van der Waals surface area contributed by atoms with Crippen LogP contribution in [0.2, 0.25) is 15.1 Å². The van der Waals surface area contributed by atoms with Crippen molar-refractivity contribution in [2.75, 3.05) is 36.4 Å². The molecule has 1 aromatic carbocycles. The van der Waals surface area contributed by atoms with Gasteiger partial charge < -0.3 is 15.1 Å². The van der Waals surface area contributed by atoms with Gasteiger partial charge >= 0.3 is 6.03 Å². The largest absolute Gasteiger partial charge is 0.337 e. The number of nitrogens with zero attached hydrogens (tertiary/aromatic N) is 4. The smallest absolute Gasteiger partial charge is 0.322 e. The third kappa shape index (κ3) is 3.83. The highest BCUT2D eigenvalue weighted by Crippen LogP contribution is 2.32. The summed E-state index contributed by atoms with van der Waals surface area (Å²) < 4.78 is 0. The Morgan fingerprint density at radius 3 is 2.25 bits per heavy atom. The molecule has 0 atom stereocenters. The number of halogens is 3. The van der Waals surface area contributed by atoms with Gasteiger partial charge in [0.15, 0.2) is 0 Å². The van der Waals surface area contributed by atoms with E-state index in [0.29, 0.717) is 52.9 Å². The lowest BCUT2D eigenvalue weighted by Gasteiger charge is -2.34. The zero-order valence-corrected chi connectivity index (χ0v) is 14.8. The maximum Gasteiger partial charge on any atom is 0.322 e. The molecular weight excluding hydrogens is 373 g/mol. The summed E-state index contributed by atoms with van der Waals surface area (Å²) >= 11 is 17.9. The Kier molecular flexibility index (Phi) is 5.28. The van der Waals surface area contributed by atoms with Gasteiger partial charge in [0.1, 0.15) is 0 Å². The van der Waals surface area contributed by atoms with Crippen LogP contribution in [0.25, 0.3) is 0 Å². The Bertz CT molecular complexity index is 735. The molecule has 9 heteroatoms. The first kappa shape index (κ1) is 17.1. The number of nitrogens with one attached hydrogen (secondary N) is 1. The number of anilines is 2. The van der Waals surface area contributed by atoms with Crippen LogP contribution in [0.4, 0.5) is 16.4 Å². The van der Waals surface area contributed by atoms with E-state index in [1.54, 1.807) is 23.4 Å². The summed E-state index contributed by atoms with van der Waals surface area (Å²) in [5, 5.41) is 3.79. The fourth-order valence-corrected chi connectivity index (χ4v) is 2.97. The van der Waals surface area contributed by atoms with Crippen LogP contribution in [-0.4, -0.2) is 47.1 Å². The predicted octanol–water partition coefficient (Wildman–Crippen LogP) is 3.79. The first-order valence-corrected chi connectivity index (χ1v) is 8.40. The predicted molar refractivity (Wildman–Crippen MR) is 96.3 cm³/mol. The van der Waals surface area contributed by atoms with Gasteiger partial charge in [-0.05, 0) is 18.2 Å². The van der Waals surface area contributed by atoms with Crippen molar-refractivity contribution in [3.05, 3.63) is 45.7 Å². The van der Waals surface area contributed by atoms with Crippen LogP contribution in [0.5, 0.6) is 0 Å². The summed E-state index contributed by atoms with van der Waals surface area (Å²) in [5.74, 6) is 0.671. The number of piperazine rings is 1. The lowest BCUT2D eigenvalue weighted by Crippen LogP contribution is -2.50. The van der Waals surface area contributed by atoms with E-state index >= 15 is 0 Å². The van der Waals surface area contributed by atoms with Gasteiger partial charge in [-0.15, -0.1) is 0 Å². The van der Waals surface area contributed by atoms with Crippen LogP contribution in [0.1, 0.15) is 0 Å². The van der Waals surface area contributed by atoms with Crippen LogP contribution in [0, 0.1) is 0 Å². The first-order chi connectivity index (χ1) is 11.5. The zero-order chi connectivity index (χ0) is 17.1. The molecule has 0 aliphatic carbocycles. The molecule has 2 amide bonds. The van der Waals surface area contributed by atoms with Gasteiger partial charge in [0, 0.05) is 38.6 Å². The fraction of sp³-hybridized carbons (Fsp3) is 0.267. The van der Waals surface area contributed by atoms with Crippen molar-refractivity contribution >= 4 is 52.5 Å². The molecule has 1 aliphatic rings. The maximum absolute atomic E-state index is 12.4. The molecule has 24 heavy (non-hydrogen) atoms. The van der Waals surface area contributed by atoms with Gasteiger partial charge in [0.05, 0.1) is 20.8 Å². The second kappa shape index (κ2) is 7.42. The van der Waals surface area contributed by atoms with Crippen LogP contribution in [0.3, 0.4) is 0 Å².